The molecule has 3 nitrogen and oxygen atoms in total. The van der Waals surface area contributed by atoms with Gasteiger partial charge in [-0.15, -0.1) is 0 Å². The van der Waals surface area contributed by atoms with Gasteiger partial charge < -0.3 is 0 Å². The molecule has 11 rings (SSSR count). The molecule has 0 saturated carbocycles. The Hall–Kier alpha value is -7.63. The Morgan fingerprint density at radius 1 is 0.305 bits per heavy atom. The van der Waals surface area contributed by atoms with Crippen molar-refractivity contribution in [1.82, 2.24) is 15.0 Å². The van der Waals surface area contributed by atoms with Gasteiger partial charge in [-0.05, 0) is 109 Å². The lowest BCUT2D eigenvalue weighted by molar-refractivity contribution is 0.627. The van der Waals surface area contributed by atoms with E-state index in [1.165, 1.54) is 68.8 Å². The van der Waals surface area contributed by atoms with Gasteiger partial charge in [-0.25, -0.2) is 23.7 Å². The van der Waals surface area contributed by atoms with Crippen LogP contribution < -0.4 is 0 Å². The molecule has 0 saturated heterocycles. The SMILES string of the molecule is Fc1ccc(-c2cccc(-c3nc(-c4cccc(-c5ccc(F)cc5)c4)nc(-c4ccc5c(c4)C4(c6ccccc6C=Cc6ccccc64)c4ccccc4-5)n3)c2)cc1. The van der Waals surface area contributed by atoms with Crippen LogP contribution in [-0.2, 0) is 5.41 Å². The molecule has 2 aliphatic carbocycles. The summed E-state index contributed by atoms with van der Waals surface area (Å²) in [4.78, 5) is 15.5. The Balaban J connectivity index is 1.14. The first-order valence-corrected chi connectivity index (χ1v) is 19.6. The van der Waals surface area contributed by atoms with E-state index in [2.05, 4.69) is 103 Å². The molecule has 0 amide bonds. The Morgan fingerprint density at radius 2 is 0.712 bits per heavy atom. The monoisotopic (exact) mass is 761 g/mol. The summed E-state index contributed by atoms with van der Waals surface area (Å²) in [6.07, 6.45) is 4.47. The van der Waals surface area contributed by atoms with E-state index in [9.17, 15) is 8.78 Å². The van der Waals surface area contributed by atoms with E-state index in [1.807, 2.05) is 48.5 Å². The Kier molecular flexibility index (Phi) is 8.09. The van der Waals surface area contributed by atoms with Crippen LogP contribution >= 0.6 is 0 Å². The largest absolute Gasteiger partial charge is 0.208 e. The number of halogens is 2. The zero-order chi connectivity index (χ0) is 39.5. The first-order chi connectivity index (χ1) is 29.0. The first-order valence-electron chi connectivity index (χ1n) is 19.6. The third-order valence-corrected chi connectivity index (χ3v) is 11.7. The molecule has 1 aromatic heterocycles. The number of benzene rings is 8. The summed E-state index contributed by atoms with van der Waals surface area (Å²) < 4.78 is 27.8. The van der Waals surface area contributed by atoms with Gasteiger partial charge in [0.15, 0.2) is 17.5 Å². The molecule has 278 valence electrons. The number of fused-ring (bicyclic) bond motifs is 9. The maximum Gasteiger partial charge on any atom is 0.164 e. The lowest BCUT2D eigenvalue weighted by atomic mass is 9.66. The molecule has 1 spiro atoms. The van der Waals surface area contributed by atoms with Crippen LogP contribution in [0.4, 0.5) is 8.78 Å². The van der Waals surface area contributed by atoms with Crippen LogP contribution in [0.2, 0.25) is 0 Å². The van der Waals surface area contributed by atoms with E-state index in [0.717, 1.165) is 38.9 Å². The normalized spacial score (nSPS) is 13.0. The summed E-state index contributed by atoms with van der Waals surface area (Å²) in [5, 5.41) is 0. The zero-order valence-corrected chi connectivity index (χ0v) is 31.7. The first kappa shape index (κ1) is 34.6. The molecule has 0 aliphatic heterocycles. The molecule has 5 heteroatoms. The van der Waals surface area contributed by atoms with Crippen molar-refractivity contribution in [3.8, 4) is 67.5 Å². The highest BCUT2D eigenvalue weighted by atomic mass is 19.1. The van der Waals surface area contributed by atoms with Crippen molar-refractivity contribution in [2.75, 3.05) is 0 Å². The van der Waals surface area contributed by atoms with Gasteiger partial charge in [-0.2, -0.15) is 0 Å². The van der Waals surface area contributed by atoms with E-state index >= 15 is 0 Å². The molecule has 9 aromatic rings. The average molecular weight is 762 g/mol. The van der Waals surface area contributed by atoms with Crippen LogP contribution in [0, 0.1) is 11.6 Å². The highest BCUT2D eigenvalue weighted by Gasteiger charge is 2.48. The topological polar surface area (TPSA) is 38.7 Å². The van der Waals surface area contributed by atoms with Crippen LogP contribution in [0.25, 0.3) is 79.7 Å². The van der Waals surface area contributed by atoms with Gasteiger partial charge in [0.25, 0.3) is 0 Å². The number of rotatable bonds is 5. The fourth-order valence-electron chi connectivity index (χ4n) is 9.01. The predicted octanol–water partition coefficient (Wildman–Crippen LogP) is 13.3. The van der Waals surface area contributed by atoms with Gasteiger partial charge in [-0.1, -0.05) is 158 Å². The van der Waals surface area contributed by atoms with Crippen molar-refractivity contribution in [2.24, 2.45) is 0 Å². The summed E-state index contributed by atoms with van der Waals surface area (Å²) in [7, 11) is 0. The fourth-order valence-corrected chi connectivity index (χ4v) is 9.01. The van der Waals surface area contributed by atoms with Gasteiger partial charge in [0.2, 0.25) is 0 Å². The van der Waals surface area contributed by atoms with Crippen molar-refractivity contribution in [3.63, 3.8) is 0 Å². The van der Waals surface area contributed by atoms with Gasteiger partial charge in [-0.3, -0.25) is 0 Å². The van der Waals surface area contributed by atoms with Crippen LogP contribution in [-0.4, -0.2) is 15.0 Å². The lowest BCUT2D eigenvalue weighted by Crippen LogP contribution is -2.30. The molecule has 0 bridgehead atoms. The number of nitrogens with zero attached hydrogens (tertiary/aromatic N) is 3. The van der Waals surface area contributed by atoms with E-state index < -0.39 is 5.41 Å². The smallest absolute Gasteiger partial charge is 0.164 e. The van der Waals surface area contributed by atoms with Gasteiger partial charge in [0, 0.05) is 16.7 Å². The zero-order valence-electron chi connectivity index (χ0n) is 31.7. The number of aromatic nitrogens is 3. The minimum Gasteiger partial charge on any atom is -0.208 e. The minimum atomic E-state index is -0.607. The van der Waals surface area contributed by atoms with Crippen LogP contribution in [0.5, 0.6) is 0 Å². The minimum absolute atomic E-state index is 0.286. The lowest BCUT2D eigenvalue weighted by Gasteiger charge is -2.35. The van der Waals surface area contributed by atoms with Gasteiger partial charge in [0.1, 0.15) is 11.6 Å². The van der Waals surface area contributed by atoms with E-state index in [4.69, 9.17) is 15.0 Å². The second-order valence-electron chi connectivity index (χ2n) is 15.0. The Bertz CT molecular complexity index is 2970. The van der Waals surface area contributed by atoms with Crippen molar-refractivity contribution in [2.45, 2.75) is 5.41 Å². The molecule has 0 radical (unpaired) electrons. The maximum absolute atomic E-state index is 13.9. The standard InChI is InChI=1S/C54H33F2N3/c55-43-26-21-34(22-27-43)38-11-7-13-40(31-38)51-57-52(41-14-8-12-39(32-41)35-23-28-44(56)29-24-35)59-53(58-51)42-25-30-46-45-15-3-6-18-49(45)54(50(46)33-42)47-16-4-1-9-36(47)19-20-37-10-2-5-17-48(37)54/h1-33H. The molecule has 2 aliphatic rings. The molecule has 59 heavy (non-hydrogen) atoms. The summed E-state index contributed by atoms with van der Waals surface area (Å²) >= 11 is 0. The number of hydrogen-bond donors (Lipinski definition) is 0. The highest BCUT2D eigenvalue weighted by molar-refractivity contribution is 5.92. The second kappa shape index (κ2) is 13.8. The van der Waals surface area contributed by atoms with Crippen molar-refractivity contribution >= 4 is 12.2 Å². The molecule has 0 N–H and O–H groups in total. The highest BCUT2D eigenvalue weighted by Crippen LogP contribution is 2.59. The summed E-state index contributed by atoms with van der Waals surface area (Å²) in [6.45, 7) is 0. The average Bonchev–Trinajstić information content (AvgIpc) is 3.49. The summed E-state index contributed by atoms with van der Waals surface area (Å²) in [5.41, 5.74) is 15.0. The van der Waals surface area contributed by atoms with Gasteiger partial charge >= 0.3 is 0 Å². The summed E-state index contributed by atoms with van der Waals surface area (Å²) in [6, 6.07) is 61.8. The molecule has 1 heterocycles. The van der Waals surface area contributed by atoms with E-state index in [0.29, 0.717) is 17.5 Å². The Morgan fingerprint density at radius 3 is 1.24 bits per heavy atom. The Labute approximate surface area is 340 Å². The second-order valence-corrected chi connectivity index (χ2v) is 15.0. The molecule has 0 unspecified atom stereocenters. The van der Waals surface area contributed by atoms with Crippen LogP contribution in [0.15, 0.2) is 188 Å². The molecule has 0 fully saturated rings. The third-order valence-electron chi connectivity index (χ3n) is 11.7. The van der Waals surface area contributed by atoms with Crippen LogP contribution in [0.1, 0.15) is 33.4 Å². The molecule has 8 aromatic carbocycles. The quantitative estimate of drug-likeness (QED) is 0.175. The molecular weight excluding hydrogens is 729 g/mol. The molecule has 0 atom stereocenters. The van der Waals surface area contributed by atoms with Crippen molar-refractivity contribution < 1.29 is 8.78 Å². The number of hydrogen-bond acceptors (Lipinski definition) is 3. The summed E-state index contributed by atoms with van der Waals surface area (Å²) in [5.74, 6) is 0.978. The fraction of sp³-hybridized carbons (Fsp3) is 0.0185. The molecular formula is C54H33F2N3. The van der Waals surface area contributed by atoms with Crippen LogP contribution in [0.3, 0.4) is 0 Å². The van der Waals surface area contributed by atoms with E-state index in [1.54, 1.807) is 24.3 Å². The third kappa shape index (κ3) is 5.73. The maximum atomic E-state index is 13.9. The van der Waals surface area contributed by atoms with Crippen molar-refractivity contribution in [3.05, 3.63) is 233 Å². The van der Waals surface area contributed by atoms with Crippen molar-refractivity contribution in [1.29, 1.82) is 0 Å². The van der Waals surface area contributed by atoms with E-state index in [-0.39, 0.29) is 11.6 Å². The van der Waals surface area contributed by atoms with Gasteiger partial charge in [0.05, 0.1) is 5.41 Å². The predicted molar refractivity (Wildman–Crippen MR) is 233 cm³/mol.